The molecule has 2 N–H and O–H groups in total. The lowest BCUT2D eigenvalue weighted by atomic mass is 10.4. The van der Waals surface area contributed by atoms with Gasteiger partial charge in [-0.25, -0.2) is 9.97 Å². The summed E-state index contributed by atoms with van der Waals surface area (Å²) in [6, 6.07) is 0.835. The molecule has 0 aliphatic carbocycles. The lowest BCUT2D eigenvalue weighted by Crippen LogP contribution is -2.26. The van der Waals surface area contributed by atoms with Gasteiger partial charge in [0, 0.05) is 32.9 Å². The molecule has 0 saturated carbocycles. The Morgan fingerprint density at radius 2 is 2.06 bits per heavy atom. The van der Waals surface area contributed by atoms with Crippen LogP contribution in [0.1, 0.15) is 5.69 Å². The fourth-order valence-electron chi connectivity index (χ4n) is 1.16. The highest BCUT2D eigenvalue weighted by atomic mass is 19.4. The Hall–Kier alpha value is -1.41. The summed E-state index contributed by atoms with van der Waals surface area (Å²) in [6.45, 7) is 2.29. The average Bonchev–Trinajstić information content (AvgIpc) is 2.33. The zero-order chi connectivity index (χ0) is 13.4. The van der Waals surface area contributed by atoms with E-state index in [1.807, 2.05) is 0 Å². The van der Waals surface area contributed by atoms with E-state index in [-0.39, 0.29) is 5.95 Å². The van der Waals surface area contributed by atoms with Crippen molar-refractivity contribution in [3.8, 4) is 0 Å². The van der Waals surface area contributed by atoms with Gasteiger partial charge in [-0.1, -0.05) is 0 Å². The van der Waals surface area contributed by atoms with E-state index in [9.17, 15) is 13.2 Å². The summed E-state index contributed by atoms with van der Waals surface area (Å²) in [5, 5.41) is 5.74. The number of alkyl halides is 3. The molecule has 0 radical (unpaired) electrons. The highest BCUT2D eigenvalue weighted by Gasteiger charge is 2.32. The summed E-state index contributed by atoms with van der Waals surface area (Å²) in [6.07, 6.45) is -3.37. The van der Waals surface area contributed by atoms with E-state index in [0.717, 1.165) is 12.3 Å². The van der Waals surface area contributed by atoms with Crippen LogP contribution in [-0.2, 0) is 10.9 Å². The molecule has 102 valence electrons. The van der Waals surface area contributed by atoms with Crippen LogP contribution in [0.5, 0.6) is 0 Å². The van der Waals surface area contributed by atoms with Crippen molar-refractivity contribution >= 4 is 5.95 Å². The number of hydrogen-bond acceptors (Lipinski definition) is 5. The van der Waals surface area contributed by atoms with E-state index in [2.05, 4.69) is 20.6 Å². The van der Waals surface area contributed by atoms with Crippen molar-refractivity contribution < 1.29 is 17.9 Å². The molecule has 8 heteroatoms. The number of halogens is 3. The molecule has 0 fully saturated rings. The fraction of sp³-hybridized carbons (Fsp3) is 0.600. The lowest BCUT2D eigenvalue weighted by Gasteiger charge is -2.09. The number of rotatable bonds is 7. The monoisotopic (exact) mass is 264 g/mol. The van der Waals surface area contributed by atoms with E-state index < -0.39 is 11.9 Å². The Morgan fingerprint density at radius 1 is 1.28 bits per heavy atom. The second-order valence-corrected chi connectivity index (χ2v) is 3.43. The van der Waals surface area contributed by atoms with E-state index in [4.69, 9.17) is 4.74 Å². The molecule has 0 aliphatic heterocycles. The van der Waals surface area contributed by atoms with Crippen LogP contribution in [0.4, 0.5) is 19.1 Å². The molecule has 0 atom stereocenters. The summed E-state index contributed by atoms with van der Waals surface area (Å²) < 4.78 is 41.9. The molecule has 0 unspecified atom stereocenters. The zero-order valence-electron chi connectivity index (χ0n) is 9.92. The lowest BCUT2D eigenvalue weighted by molar-refractivity contribution is -0.141. The van der Waals surface area contributed by atoms with Gasteiger partial charge in [0.1, 0.15) is 5.69 Å². The van der Waals surface area contributed by atoms with Crippen molar-refractivity contribution in [2.75, 3.05) is 38.7 Å². The minimum absolute atomic E-state index is 0.0293. The zero-order valence-corrected chi connectivity index (χ0v) is 9.92. The standard InChI is InChI=1S/C10H15F3N4O/c1-18-7-6-14-4-5-16-9-15-3-2-8(17-9)10(11,12)13/h2-3,14H,4-7H2,1H3,(H,15,16,17). The minimum atomic E-state index is -4.45. The first-order valence-corrected chi connectivity index (χ1v) is 5.38. The van der Waals surface area contributed by atoms with Crippen molar-refractivity contribution in [1.29, 1.82) is 0 Å². The van der Waals surface area contributed by atoms with Crippen molar-refractivity contribution in [2.24, 2.45) is 0 Å². The van der Waals surface area contributed by atoms with Gasteiger partial charge in [-0.15, -0.1) is 0 Å². The first-order chi connectivity index (χ1) is 8.54. The molecule has 1 rings (SSSR count). The molecule has 1 aromatic rings. The predicted molar refractivity (Wildman–Crippen MR) is 60.3 cm³/mol. The molecule has 0 aromatic carbocycles. The van der Waals surface area contributed by atoms with Crippen LogP contribution in [0.15, 0.2) is 12.3 Å². The van der Waals surface area contributed by atoms with E-state index in [0.29, 0.717) is 26.2 Å². The molecule has 0 amide bonds. The van der Waals surface area contributed by atoms with Crippen molar-refractivity contribution in [3.63, 3.8) is 0 Å². The van der Waals surface area contributed by atoms with E-state index in [1.54, 1.807) is 7.11 Å². The summed E-state index contributed by atoms with van der Waals surface area (Å²) in [7, 11) is 1.59. The van der Waals surface area contributed by atoms with Crippen molar-refractivity contribution in [1.82, 2.24) is 15.3 Å². The molecule has 0 saturated heterocycles. The van der Waals surface area contributed by atoms with Crippen LogP contribution < -0.4 is 10.6 Å². The maximum Gasteiger partial charge on any atom is 0.433 e. The molecule has 1 heterocycles. The molecule has 0 bridgehead atoms. The number of hydrogen-bond donors (Lipinski definition) is 2. The van der Waals surface area contributed by atoms with Crippen LogP contribution in [0.25, 0.3) is 0 Å². The third-order valence-corrected chi connectivity index (χ3v) is 2.01. The highest BCUT2D eigenvalue weighted by molar-refractivity contribution is 5.25. The number of methoxy groups -OCH3 is 1. The smallest absolute Gasteiger partial charge is 0.383 e. The molecule has 0 aliphatic rings. The molecular formula is C10H15F3N4O. The topological polar surface area (TPSA) is 59.1 Å². The SMILES string of the molecule is COCCNCCNc1nccc(C(F)(F)F)n1. The maximum atomic E-state index is 12.4. The van der Waals surface area contributed by atoms with Crippen LogP contribution >= 0.6 is 0 Å². The van der Waals surface area contributed by atoms with Gasteiger partial charge in [0.25, 0.3) is 0 Å². The Balaban J connectivity index is 2.34. The number of ether oxygens (including phenoxy) is 1. The van der Waals surface area contributed by atoms with Crippen LogP contribution in [0.3, 0.4) is 0 Å². The van der Waals surface area contributed by atoms with Gasteiger partial charge in [0.15, 0.2) is 0 Å². The highest BCUT2D eigenvalue weighted by Crippen LogP contribution is 2.27. The first-order valence-electron chi connectivity index (χ1n) is 5.38. The number of nitrogens with zero attached hydrogens (tertiary/aromatic N) is 2. The third-order valence-electron chi connectivity index (χ3n) is 2.01. The molecular weight excluding hydrogens is 249 g/mol. The fourth-order valence-corrected chi connectivity index (χ4v) is 1.16. The van der Waals surface area contributed by atoms with Gasteiger partial charge in [0.05, 0.1) is 6.61 Å². The van der Waals surface area contributed by atoms with Crippen molar-refractivity contribution in [2.45, 2.75) is 6.18 Å². The number of anilines is 1. The van der Waals surface area contributed by atoms with Gasteiger partial charge in [-0.05, 0) is 6.07 Å². The third kappa shape index (κ3) is 5.28. The summed E-state index contributed by atoms with van der Waals surface area (Å²) >= 11 is 0. The Bertz CT molecular complexity index is 359. The first kappa shape index (κ1) is 14.7. The maximum absolute atomic E-state index is 12.4. The number of aromatic nitrogens is 2. The van der Waals surface area contributed by atoms with Crippen LogP contribution in [-0.4, -0.2) is 43.3 Å². The molecule has 18 heavy (non-hydrogen) atoms. The number of nitrogens with one attached hydrogen (secondary N) is 2. The summed E-state index contributed by atoms with van der Waals surface area (Å²) in [4.78, 5) is 7.09. The second-order valence-electron chi connectivity index (χ2n) is 3.43. The molecule has 5 nitrogen and oxygen atoms in total. The Morgan fingerprint density at radius 3 is 2.72 bits per heavy atom. The summed E-state index contributed by atoms with van der Waals surface area (Å²) in [5.41, 5.74) is -0.952. The quantitative estimate of drug-likeness (QED) is 0.723. The summed E-state index contributed by atoms with van der Waals surface area (Å²) in [5.74, 6) is -0.0293. The molecule has 1 aromatic heterocycles. The van der Waals surface area contributed by atoms with Crippen LogP contribution in [0.2, 0.25) is 0 Å². The normalized spacial score (nSPS) is 11.6. The Labute approximate surface area is 103 Å². The minimum Gasteiger partial charge on any atom is -0.383 e. The second kappa shape index (κ2) is 7.12. The van der Waals surface area contributed by atoms with Gasteiger partial charge in [0.2, 0.25) is 5.95 Å². The average molecular weight is 264 g/mol. The van der Waals surface area contributed by atoms with Gasteiger partial charge >= 0.3 is 6.18 Å². The van der Waals surface area contributed by atoms with Gasteiger partial charge in [-0.3, -0.25) is 0 Å². The predicted octanol–water partition coefficient (Wildman–Crippen LogP) is 1.14. The van der Waals surface area contributed by atoms with Crippen molar-refractivity contribution in [3.05, 3.63) is 18.0 Å². The largest absolute Gasteiger partial charge is 0.433 e. The van der Waals surface area contributed by atoms with Gasteiger partial charge < -0.3 is 15.4 Å². The van der Waals surface area contributed by atoms with Crippen LogP contribution in [0, 0.1) is 0 Å². The van der Waals surface area contributed by atoms with E-state index in [1.165, 1.54) is 0 Å². The van der Waals surface area contributed by atoms with E-state index >= 15 is 0 Å². The Kier molecular flexibility index (Phi) is 5.79. The molecule has 0 spiro atoms. The van der Waals surface area contributed by atoms with Gasteiger partial charge in [-0.2, -0.15) is 13.2 Å².